The van der Waals surface area contributed by atoms with Crippen LogP contribution in [-0.4, -0.2) is 24.4 Å². The summed E-state index contributed by atoms with van der Waals surface area (Å²) in [7, 11) is 0. The number of hydrogen-bond acceptors (Lipinski definition) is 4. The van der Waals surface area contributed by atoms with Crippen LogP contribution in [0.15, 0.2) is 35.7 Å². The maximum Gasteiger partial charge on any atom is 0.253 e. The molecule has 1 saturated heterocycles. The second-order valence-electron chi connectivity index (χ2n) is 6.00. The van der Waals surface area contributed by atoms with Gasteiger partial charge in [0.2, 0.25) is 5.91 Å². The van der Waals surface area contributed by atoms with Crippen LogP contribution >= 0.6 is 22.9 Å². The van der Waals surface area contributed by atoms with Crippen LogP contribution in [0.5, 0.6) is 0 Å². The maximum absolute atomic E-state index is 12.4. The Morgan fingerprint density at radius 2 is 2.20 bits per heavy atom. The summed E-state index contributed by atoms with van der Waals surface area (Å²) in [6.45, 7) is 1.42. The Morgan fingerprint density at radius 3 is 2.92 bits per heavy atom. The van der Waals surface area contributed by atoms with Crippen molar-refractivity contribution < 1.29 is 9.59 Å². The Balaban J connectivity index is 1.60. The Bertz CT molecular complexity index is 743. The predicted octanol–water partition coefficient (Wildman–Crippen LogP) is 3.41. The van der Waals surface area contributed by atoms with Gasteiger partial charge in [0.05, 0.1) is 17.1 Å². The molecule has 3 rings (SSSR count). The van der Waals surface area contributed by atoms with Crippen LogP contribution < -0.4 is 16.0 Å². The van der Waals surface area contributed by atoms with Crippen LogP contribution in [-0.2, 0) is 11.3 Å². The highest BCUT2D eigenvalue weighted by Crippen LogP contribution is 2.21. The van der Waals surface area contributed by atoms with Crippen molar-refractivity contribution in [3.8, 4) is 0 Å². The third-order valence-corrected chi connectivity index (χ3v) is 5.30. The lowest BCUT2D eigenvalue weighted by Crippen LogP contribution is -2.27. The fourth-order valence-corrected chi connectivity index (χ4v) is 3.67. The molecule has 1 atom stereocenters. The molecule has 3 N–H and O–H groups in total. The van der Waals surface area contributed by atoms with Gasteiger partial charge in [0, 0.05) is 23.0 Å². The first kappa shape index (κ1) is 17.9. The number of rotatable bonds is 6. The van der Waals surface area contributed by atoms with Gasteiger partial charge in [-0.05, 0) is 49.0 Å². The summed E-state index contributed by atoms with van der Waals surface area (Å²) >= 11 is 7.73. The van der Waals surface area contributed by atoms with Crippen LogP contribution in [0, 0.1) is 0 Å². The minimum absolute atomic E-state index is 0.0633. The Labute approximate surface area is 155 Å². The molecule has 0 saturated carbocycles. The number of benzene rings is 1. The smallest absolute Gasteiger partial charge is 0.253 e. The number of halogens is 1. The molecule has 7 heteroatoms. The van der Waals surface area contributed by atoms with E-state index >= 15 is 0 Å². The average molecular weight is 378 g/mol. The van der Waals surface area contributed by atoms with E-state index in [-0.39, 0.29) is 17.9 Å². The molecule has 2 heterocycles. The van der Waals surface area contributed by atoms with E-state index in [1.54, 1.807) is 29.5 Å². The number of anilines is 1. The molecule has 0 aliphatic carbocycles. The van der Waals surface area contributed by atoms with E-state index in [2.05, 4.69) is 16.0 Å². The molecule has 2 aromatic rings. The Hall–Kier alpha value is -1.89. The van der Waals surface area contributed by atoms with Crippen molar-refractivity contribution in [2.45, 2.75) is 31.8 Å². The quantitative estimate of drug-likeness (QED) is 0.722. The molecule has 0 radical (unpaired) electrons. The predicted molar refractivity (Wildman–Crippen MR) is 101 cm³/mol. The lowest BCUT2D eigenvalue weighted by Gasteiger charge is -2.12. The molecule has 1 aromatic carbocycles. The minimum Gasteiger partial charge on any atom is -0.347 e. The highest BCUT2D eigenvalue weighted by atomic mass is 35.5. The summed E-state index contributed by atoms with van der Waals surface area (Å²) in [4.78, 5) is 25.6. The monoisotopic (exact) mass is 377 g/mol. The molecule has 1 aromatic heterocycles. The van der Waals surface area contributed by atoms with Crippen LogP contribution in [0.3, 0.4) is 0 Å². The number of carbonyl (C=O) groups excluding carboxylic acids is 2. The number of hydrogen-bond donors (Lipinski definition) is 3. The highest BCUT2D eigenvalue weighted by Gasteiger charge is 2.18. The zero-order valence-electron chi connectivity index (χ0n) is 13.7. The molecular formula is C18H20ClN3O2S. The summed E-state index contributed by atoms with van der Waals surface area (Å²) in [6, 6.07) is 9.09. The molecule has 0 bridgehead atoms. The van der Waals surface area contributed by atoms with Gasteiger partial charge in [-0.3, -0.25) is 9.59 Å². The van der Waals surface area contributed by atoms with Crippen molar-refractivity contribution in [3.05, 3.63) is 51.2 Å². The van der Waals surface area contributed by atoms with Crippen molar-refractivity contribution in [2.75, 3.05) is 11.9 Å². The van der Waals surface area contributed by atoms with Gasteiger partial charge in [-0.2, -0.15) is 0 Å². The lowest BCUT2D eigenvalue weighted by molar-refractivity contribution is -0.116. The minimum atomic E-state index is -0.257. The van der Waals surface area contributed by atoms with Crippen molar-refractivity contribution in [3.63, 3.8) is 0 Å². The first-order valence-electron chi connectivity index (χ1n) is 8.25. The summed E-state index contributed by atoms with van der Waals surface area (Å²) in [5.74, 6) is -0.321. The summed E-state index contributed by atoms with van der Waals surface area (Å²) < 4.78 is 0. The summed E-state index contributed by atoms with van der Waals surface area (Å²) in [5, 5.41) is 11.3. The van der Waals surface area contributed by atoms with Gasteiger partial charge >= 0.3 is 0 Å². The standard InChI is InChI=1S/C18H20ClN3O2S/c19-16-6-5-13(22-17(23)10-12-3-1-7-20-12)9-15(16)18(24)21-11-14-4-2-8-25-14/h2,4-6,8-9,12,20H,1,3,7,10-11H2,(H,21,24)(H,22,23). The number of thiophene rings is 1. The van der Waals surface area contributed by atoms with Gasteiger partial charge in [0.15, 0.2) is 0 Å². The Kier molecular flexibility index (Phi) is 6.07. The average Bonchev–Trinajstić information content (AvgIpc) is 3.28. The summed E-state index contributed by atoms with van der Waals surface area (Å²) in [6.07, 6.45) is 2.56. The van der Waals surface area contributed by atoms with E-state index in [0.717, 1.165) is 24.3 Å². The van der Waals surface area contributed by atoms with Gasteiger partial charge in [0.1, 0.15) is 0 Å². The SMILES string of the molecule is O=C(CC1CCCN1)Nc1ccc(Cl)c(C(=O)NCc2cccs2)c1. The van der Waals surface area contributed by atoms with Gasteiger partial charge in [-0.1, -0.05) is 17.7 Å². The van der Waals surface area contributed by atoms with Crippen LogP contribution in [0.25, 0.3) is 0 Å². The van der Waals surface area contributed by atoms with Crippen molar-refractivity contribution >= 4 is 40.4 Å². The molecule has 2 amide bonds. The second kappa shape index (κ2) is 8.47. The van der Waals surface area contributed by atoms with Crippen molar-refractivity contribution in [1.29, 1.82) is 0 Å². The molecule has 1 fully saturated rings. The van der Waals surface area contributed by atoms with E-state index in [1.165, 1.54) is 0 Å². The van der Waals surface area contributed by atoms with Crippen molar-refractivity contribution in [1.82, 2.24) is 10.6 Å². The molecule has 1 aliphatic rings. The first-order chi connectivity index (χ1) is 12.1. The number of carbonyl (C=O) groups is 2. The van der Waals surface area contributed by atoms with Crippen LogP contribution in [0.1, 0.15) is 34.5 Å². The molecule has 1 unspecified atom stereocenters. The molecule has 25 heavy (non-hydrogen) atoms. The molecule has 5 nitrogen and oxygen atoms in total. The molecule has 1 aliphatic heterocycles. The topological polar surface area (TPSA) is 70.2 Å². The van der Waals surface area contributed by atoms with E-state index in [4.69, 9.17) is 11.6 Å². The van der Waals surface area contributed by atoms with Gasteiger partial charge in [-0.15, -0.1) is 11.3 Å². The fraction of sp³-hybridized carbons (Fsp3) is 0.333. The molecule has 132 valence electrons. The zero-order valence-corrected chi connectivity index (χ0v) is 15.3. The van der Waals surface area contributed by atoms with Gasteiger partial charge in [0.25, 0.3) is 5.91 Å². The van der Waals surface area contributed by atoms with E-state index in [9.17, 15) is 9.59 Å². The van der Waals surface area contributed by atoms with Crippen LogP contribution in [0.4, 0.5) is 5.69 Å². The third-order valence-electron chi connectivity index (χ3n) is 4.09. The Morgan fingerprint density at radius 1 is 1.32 bits per heavy atom. The highest BCUT2D eigenvalue weighted by molar-refractivity contribution is 7.09. The van der Waals surface area contributed by atoms with Crippen molar-refractivity contribution in [2.24, 2.45) is 0 Å². The van der Waals surface area contributed by atoms with Gasteiger partial charge < -0.3 is 16.0 Å². The molecule has 0 spiro atoms. The summed E-state index contributed by atoms with van der Waals surface area (Å²) in [5.41, 5.74) is 0.934. The van der Waals surface area contributed by atoms with Crippen LogP contribution in [0.2, 0.25) is 5.02 Å². The second-order valence-corrected chi connectivity index (χ2v) is 7.44. The normalized spacial score (nSPS) is 16.6. The third kappa shape index (κ3) is 5.04. The molecular weight excluding hydrogens is 358 g/mol. The maximum atomic E-state index is 12.4. The fourth-order valence-electron chi connectivity index (χ4n) is 2.82. The van der Waals surface area contributed by atoms with E-state index in [0.29, 0.717) is 29.2 Å². The number of nitrogens with one attached hydrogen (secondary N) is 3. The zero-order chi connectivity index (χ0) is 17.6. The van der Waals surface area contributed by atoms with E-state index < -0.39 is 0 Å². The van der Waals surface area contributed by atoms with E-state index in [1.807, 2.05) is 17.5 Å². The first-order valence-corrected chi connectivity index (χ1v) is 9.51. The lowest BCUT2D eigenvalue weighted by atomic mass is 10.1. The number of amides is 2. The van der Waals surface area contributed by atoms with Gasteiger partial charge in [-0.25, -0.2) is 0 Å². The largest absolute Gasteiger partial charge is 0.347 e.